The molecule has 1 N–H and O–H groups in total. The fraction of sp³-hybridized carbons (Fsp3) is 0.750. The van der Waals surface area contributed by atoms with Gasteiger partial charge in [0.2, 0.25) is 0 Å². The fourth-order valence-corrected chi connectivity index (χ4v) is 1.07. The number of hydrogen-bond acceptors (Lipinski definition) is 2. The maximum atomic E-state index is 8.98. The molecule has 2 heteroatoms. The standard InChI is InChI=1S/C8H15NO/c1-8(2,7-10)9-5-3-4-6-9/h3-4,10H,5-7H2,1-2H3. The van der Waals surface area contributed by atoms with Crippen molar-refractivity contribution in [1.29, 1.82) is 0 Å². The van der Waals surface area contributed by atoms with Gasteiger partial charge in [0.15, 0.2) is 0 Å². The molecule has 1 heterocycles. The van der Waals surface area contributed by atoms with Gasteiger partial charge in [-0.15, -0.1) is 0 Å². The average Bonchev–Trinajstić information content (AvgIpc) is 2.38. The van der Waals surface area contributed by atoms with E-state index in [1.54, 1.807) is 0 Å². The quantitative estimate of drug-likeness (QED) is 0.570. The van der Waals surface area contributed by atoms with Gasteiger partial charge in [-0.1, -0.05) is 12.2 Å². The minimum atomic E-state index is -0.0521. The van der Waals surface area contributed by atoms with Gasteiger partial charge in [0.05, 0.1) is 6.61 Å². The number of nitrogens with zero attached hydrogens (tertiary/aromatic N) is 1. The van der Waals surface area contributed by atoms with Crippen LogP contribution >= 0.6 is 0 Å². The zero-order valence-corrected chi connectivity index (χ0v) is 6.67. The Kier molecular flexibility index (Phi) is 2.11. The van der Waals surface area contributed by atoms with Crippen molar-refractivity contribution in [2.24, 2.45) is 0 Å². The summed E-state index contributed by atoms with van der Waals surface area (Å²) in [7, 11) is 0. The van der Waals surface area contributed by atoms with Crippen LogP contribution in [0.3, 0.4) is 0 Å². The highest BCUT2D eigenvalue weighted by Gasteiger charge is 2.25. The molecule has 0 amide bonds. The van der Waals surface area contributed by atoms with Crippen LogP contribution in [0.5, 0.6) is 0 Å². The van der Waals surface area contributed by atoms with E-state index in [0.717, 1.165) is 13.1 Å². The first kappa shape index (κ1) is 7.76. The zero-order chi connectivity index (χ0) is 7.61. The molecule has 0 radical (unpaired) electrons. The smallest absolute Gasteiger partial charge is 0.0610 e. The third-order valence-electron chi connectivity index (χ3n) is 2.06. The molecule has 0 aromatic rings. The first-order valence-corrected chi connectivity index (χ1v) is 3.68. The van der Waals surface area contributed by atoms with Gasteiger partial charge in [0.1, 0.15) is 0 Å². The molecule has 0 aromatic heterocycles. The van der Waals surface area contributed by atoms with Crippen LogP contribution in [0, 0.1) is 0 Å². The van der Waals surface area contributed by atoms with Gasteiger partial charge >= 0.3 is 0 Å². The van der Waals surface area contributed by atoms with E-state index in [4.69, 9.17) is 5.11 Å². The van der Waals surface area contributed by atoms with Crippen LogP contribution < -0.4 is 0 Å². The lowest BCUT2D eigenvalue weighted by Gasteiger charge is -2.33. The SMILES string of the molecule is CC(C)(CO)N1CC=CC1. The Morgan fingerprint density at radius 3 is 2.30 bits per heavy atom. The summed E-state index contributed by atoms with van der Waals surface area (Å²) in [4.78, 5) is 2.24. The van der Waals surface area contributed by atoms with Gasteiger partial charge in [0, 0.05) is 18.6 Å². The molecule has 0 saturated carbocycles. The van der Waals surface area contributed by atoms with E-state index >= 15 is 0 Å². The van der Waals surface area contributed by atoms with Crippen LogP contribution in [0.2, 0.25) is 0 Å². The summed E-state index contributed by atoms with van der Waals surface area (Å²) in [5, 5.41) is 8.98. The molecule has 10 heavy (non-hydrogen) atoms. The van der Waals surface area contributed by atoms with Gasteiger partial charge in [-0.3, -0.25) is 4.90 Å². The molecular weight excluding hydrogens is 126 g/mol. The first-order valence-electron chi connectivity index (χ1n) is 3.68. The van der Waals surface area contributed by atoms with Crippen LogP contribution in [0.4, 0.5) is 0 Å². The van der Waals surface area contributed by atoms with E-state index < -0.39 is 0 Å². The summed E-state index contributed by atoms with van der Waals surface area (Å²) >= 11 is 0. The highest BCUT2D eigenvalue weighted by atomic mass is 16.3. The lowest BCUT2D eigenvalue weighted by atomic mass is 10.1. The van der Waals surface area contributed by atoms with Crippen molar-refractivity contribution in [2.75, 3.05) is 19.7 Å². The van der Waals surface area contributed by atoms with Crippen molar-refractivity contribution in [3.8, 4) is 0 Å². The van der Waals surface area contributed by atoms with Crippen molar-refractivity contribution in [2.45, 2.75) is 19.4 Å². The molecule has 0 aliphatic carbocycles. The van der Waals surface area contributed by atoms with Crippen LogP contribution in [0.25, 0.3) is 0 Å². The number of aliphatic hydroxyl groups excluding tert-OH is 1. The summed E-state index contributed by atoms with van der Waals surface area (Å²) < 4.78 is 0. The van der Waals surface area contributed by atoms with Crippen LogP contribution in [0.15, 0.2) is 12.2 Å². The highest BCUT2D eigenvalue weighted by molar-refractivity contribution is 5.00. The summed E-state index contributed by atoms with van der Waals surface area (Å²) in [5.74, 6) is 0. The molecule has 1 aliphatic heterocycles. The fourth-order valence-electron chi connectivity index (χ4n) is 1.07. The van der Waals surface area contributed by atoms with Gasteiger partial charge < -0.3 is 5.11 Å². The molecule has 0 fully saturated rings. The maximum Gasteiger partial charge on any atom is 0.0610 e. The zero-order valence-electron chi connectivity index (χ0n) is 6.67. The summed E-state index contributed by atoms with van der Waals surface area (Å²) in [6, 6.07) is 0. The second kappa shape index (κ2) is 2.72. The van der Waals surface area contributed by atoms with Gasteiger partial charge in [0.25, 0.3) is 0 Å². The Morgan fingerprint density at radius 2 is 1.90 bits per heavy atom. The second-order valence-corrected chi connectivity index (χ2v) is 3.35. The van der Waals surface area contributed by atoms with E-state index in [2.05, 4.69) is 30.9 Å². The van der Waals surface area contributed by atoms with E-state index in [1.807, 2.05) is 0 Å². The van der Waals surface area contributed by atoms with E-state index in [-0.39, 0.29) is 12.1 Å². The average molecular weight is 141 g/mol. The maximum absolute atomic E-state index is 8.98. The number of rotatable bonds is 2. The predicted octanol–water partition coefficient (Wildman–Crippen LogP) is 0.629. The van der Waals surface area contributed by atoms with Crippen LogP contribution in [-0.2, 0) is 0 Å². The summed E-state index contributed by atoms with van der Waals surface area (Å²) in [6.45, 7) is 6.30. The minimum Gasteiger partial charge on any atom is -0.394 e. The van der Waals surface area contributed by atoms with Crippen molar-refractivity contribution < 1.29 is 5.11 Å². The molecule has 0 aromatic carbocycles. The molecule has 0 unspecified atom stereocenters. The molecule has 1 aliphatic rings. The predicted molar refractivity (Wildman–Crippen MR) is 41.9 cm³/mol. The lowest BCUT2D eigenvalue weighted by molar-refractivity contribution is 0.0821. The highest BCUT2D eigenvalue weighted by Crippen LogP contribution is 2.15. The number of aliphatic hydroxyl groups is 1. The Morgan fingerprint density at radius 1 is 1.40 bits per heavy atom. The minimum absolute atomic E-state index is 0.0521. The summed E-state index contributed by atoms with van der Waals surface area (Å²) in [6.07, 6.45) is 4.27. The van der Waals surface area contributed by atoms with Crippen molar-refractivity contribution in [3.05, 3.63) is 12.2 Å². The molecule has 0 spiro atoms. The number of hydrogen-bond donors (Lipinski definition) is 1. The van der Waals surface area contributed by atoms with Gasteiger partial charge in [-0.2, -0.15) is 0 Å². The van der Waals surface area contributed by atoms with E-state index in [0.29, 0.717) is 0 Å². The second-order valence-electron chi connectivity index (χ2n) is 3.35. The Hall–Kier alpha value is -0.340. The van der Waals surface area contributed by atoms with Crippen molar-refractivity contribution in [1.82, 2.24) is 4.90 Å². The van der Waals surface area contributed by atoms with Crippen molar-refractivity contribution >= 4 is 0 Å². The molecule has 0 saturated heterocycles. The largest absolute Gasteiger partial charge is 0.394 e. The molecule has 0 bridgehead atoms. The first-order chi connectivity index (χ1) is 4.67. The lowest BCUT2D eigenvalue weighted by Crippen LogP contribution is -2.45. The normalized spacial score (nSPS) is 20.3. The monoisotopic (exact) mass is 141 g/mol. The Labute approximate surface area is 62.2 Å². The Balaban J connectivity index is 2.48. The third-order valence-corrected chi connectivity index (χ3v) is 2.06. The molecule has 0 atom stereocenters. The molecule has 1 rings (SSSR count). The van der Waals surface area contributed by atoms with Crippen LogP contribution in [-0.4, -0.2) is 35.2 Å². The molecule has 2 nitrogen and oxygen atoms in total. The van der Waals surface area contributed by atoms with E-state index in [9.17, 15) is 0 Å². The van der Waals surface area contributed by atoms with Crippen LogP contribution in [0.1, 0.15) is 13.8 Å². The van der Waals surface area contributed by atoms with Gasteiger partial charge in [-0.25, -0.2) is 0 Å². The molecular formula is C8H15NO. The topological polar surface area (TPSA) is 23.5 Å². The van der Waals surface area contributed by atoms with Gasteiger partial charge in [-0.05, 0) is 13.8 Å². The van der Waals surface area contributed by atoms with Crippen molar-refractivity contribution in [3.63, 3.8) is 0 Å². The molecule has 58 valence electrons. The third kappa shape index (κ3) is 1.39. The Bertz CT molecular complexity index is 132. The summed E-state index contributed by atoms with van der Waals surface area (Å²) in [5.41, 5.74) is -0.0521. The van der Waals surface area contributed by atoms with E-state index in [1.165, 1.54) is 0 Å².